The lowest BCUT2D eigenvalue weighted by Crippen LogP contribution is -2.51. The van der Waals surface area contributed by atoms with Gasteiger partial charge in [0.15, 0.2) is 17.6 Å². The van der Waals surface area contributed by atoms with Crippen molar-refractivity contribution in [3.63, 3.8) is 0 Å². The van der Waals surface area contributed by atoms with Crippen LogP contribution in [0, 0.1) is 13.8 Å². The summed E-state index contributed by atoms with van der Waals surface area (Å²) in [6, 6.07) is 14.1. The lowest BCUT2D eigenvalue weighted by atomic mass is 10.1. The average molecular weight is 410 g/mol. The highest BCUT2D eigenvalue weighted by Gasteiger charge is 2.26. The summed E-state index contributed by atoms with van der Waals surface area (Å²) in [6.45, 7) is 9.44. The molecular weight excluding hydrogens is 378 g/mol. The molecule has 0 spiro atoms. The molecule has 0 unspecified atom stereocenters. The molecule has 2 aliphatic heterocycles. The highest BCUT2D eigenvalue weighted by molar-refractivity contribution is 5.78. The second-order valence-corrected chi connectivity index (χ2v) is 8.25. The van der Waals surface area contributed by atoms with E-state index in [1.807, 2.05) is 31.3 Å². The minimum Gasteiger partial charge on any atom is -0.486 e. The van der Waals surface area contributed by atoms with E-state index in [4.69, 9.17) is 9.47 Å². The molecule has 0 N–H and O–H groups in total. The number of rotatable bonds is 5. The van der Waals surface area contributed by atoms with Gasteiger partial charge in [0.1, 0.15) is 6.61 Å². The van der Waals surface area contributed by atoms with Gasteiger partial charge < -0.3 is 19.3 Å². The zero-order valence-electron chi connectivity index (χ0n) is 18.1. The van der Waals surface area contributed by atoms with Gasteiger partial charge in [0.2, 0.25) is 5.91 Å². The summed E-state index contributed by atoms with van der Waals surface area (Å²) in [6.07, 6.45) is -0.144. The first-order valence-corrected chi connectivity index (χ1v) is 10.7. The second kappa shape index (κ2) is 8.96. The van der Waals surface area contributed by atoms with Gasteiger partial charge in [-0.25, -0.2) is 0 Å². The molecule has 0 saturated carbocycles. The van der Waals surface area contributed by atoms with Crippen LogP contribution in [0.15, 0.2) is 42.5 Å². The van der Waals surface area contributed by atoms with Crippen LogP contribution in [0.4, 0.5) is 5.69 Å². The summed E-state index contributed by atoms with van der Waals surface area (Å²) < 4.78 is 11.7. The normalized spacial score (nSPS) is 18.9. The van der Waals surface area contributed by atoms with Crippen LogP contribution in [-0.4, -0.2) is 74.7 Å². The molecule has 0 aromatic heterocycles. The number of hydrogen-bond acceptors (Lipinski definition) is 5. The molecule has 6 heteroatoms. The number of carbonyl (C=O) groups excluding carboxylic acids is 1. The molecule has 2 heterocycles. The number of ether oxygens (including phenoxy) is 2. The van der Waals surface area contributed by atoms with Crippen LogP contribution in [-0.2, 0) is 4.79 Å². The second-order valence-electron chi connectivity index (χ2n) is 8.25. The largest absolute Gasteiger partial charge is 0.486 e. The Morgan fingerprint density at radius 1 is 1.03 bits per heavy atom. The maximum atomic E-state index is 12.8. The molecule has 160 valence electrons. The topological polar surface area (TPSA) is 45.2 Å². The van der Waals surface area contributed by atoms with Crippen molar-refractivity contribution in [1.82, 2.24) is 9.80 Å². The SMILES string of the molecule is Cc1cccc(N2CCN(CC(=O)N(C)C[C@H]3COc4ccccc4O3)CC2)c1C. The first kappa shape index (κ1) is 20.5. The average Bonchev–Trinajstić information content (AvgIpc) is 2.76. The molecule has 6 nitrogen and oxygen atoms in total. The number of carbonyl (C=O) groups is 1. The lowest BCUT2D eigenvalue weighted by Gasteiger charge is -2.37. The van der Waals surface area contributed by atoms with Crippen molar-refractivity contribution in [2.45, 2.75) is 20.0 Å². The van der Waals surface area contributed by atoms with E-state index in [2.05, 4.69) is 41.8 Å². The molecule has 2 aliphatic rings. The van der Waals surface area contributed by atoms with Crippen molar-refractivity contribution in [2.75, 3.05) is 57.8 Å². The Labute approximate surface area is 179 Å². The third kappa shape index (κ3) is 4.54. The highest BCUT2D eigenvalue weighted by Crippen LogP contribution is 2.31. The number of anilines is 1. The van der Waals surface area contributed by atoms with Crippen molar-refractivity contribution in [3.05, 3.63) is 53.6 Å². The Bertz CT molecular complexity index is 893. The van der Waals surface area contributed by atoms with Gasteiger partial charge in [-0.05, 0) is 43.2 Å². The molecule has 0 aliphatic carbocycles. The van der Waals surface area contributed by atoms with Crippen LogP contribution in [0.25, 0.3) is 0 Å². The molecule has 2 aromatic rings. The van der Waals surface area contributed by atoms with Gasteiger partial charge >= 0.3 is 0 Å². The fraction of sp³-hybridized carbons (Fsp3) is 0.458. The Morgan fingerprint density at radius 2 is 1.77 bits per heavy atom. The Morgan fingerprint density at radius 3 is 2.53 bits per heavy atom. The number of hydrogen-bond donors (Lipinski definition) is 0. The molecule has 1 atom stereocenters. The van der Waals surface area contributed by atoms with Crippen molar-refractivity contribution in [1.29, 1.82) is 0 Å². The predicted octanol–water partition coefficient (Wildman–Crippen LogP) is 2.72. The molecule has 2 aromatic carbocycles. The molecule has 0 bridgehead atoms. The summed E-state index contributed by atoms with van der Waals surface area (Å²) in [7, 11) is 1.85. The summed E-state index contributed by atoms with van der Waals surface area (Å²) in [5, 5.41) is 0. The van der Waals surface area contributed by atoms with Crippen molar-refractivity contribution < 1.29 is 14.3 Å². The molecular formula is C24H31N3O3. The maximum Gasteiger partial charge on any atom is 0.236 e. The predicted molar refractivity (Wildman–Crippen MR) is 119 cm³/mol. The van der Waals surface area contributed by atoms with Crippen molar-refractivity contribution in [3.8, 4) is 11.5 Å². The summed E-state index contributed by atoms with van der Waals surface area (Å²) in [5.74, 6) is 1.64. The fourth-order valence-corrected chi connectivity index (χ4v) is 4.10. The molecule has 1 amide bonds. The molecule has 30 heavy (non-hydrogen) atoms. The lowest BCUT2D eigenvalue weighted by molar-refractivity contribution is -0.132. The minimum atomic E-state index is -0.144. The van der Waals surface area contributed by atoms with Gasteiger partial charge in [0.25, 0.3) is 0 Å². The van der Waals surface area contributed by atoms with E-state index in [0.29, 0.717) is 19.7 Å². The zero-order valence-corrected chi connectivity index (χ0v) is 18.1. The summed E-state index contributed by atoms with van der Waals surface area (Å²) in [5.41, 5.74) is 3.98. The highest BCUT2D eigenvalue weighted by atomic mass is 16.6. The smallest absolute Gasteiger partial charge is 0.236 e. The van der Waals surface area contributed by atoms with E-state index in [1.54, 1.807) is 4.90 Å². The zero-order chi connectivity index (χ0) is 21.1. The monoisotopic (exact) mass is 409 g/mol. The molecule has 4 rings (SSSR count). The number of piperazine rings is 1. The van der Waals surface area contributed by atoms with Crippen LogP contribution in [0.5, 0.6) is 11.5 Å². The molecule has 0 radical (unpaired) electrons. The maximum absolute atomic E-state index is 12.8. The van der Waals surface area contributed by atoms with E-state index in [9.17, 15) is 4.79 Å². The Kier molecular flexibility index (Phi) is 6.13. The third-order valence-corrected chi connectivity index (χ3v) is 6.12. The third-order valence-electron chi connectivity index (χ3n) is 6.12. The number of likely N-dealkylation sites (N-methyl/N-ethyl adjacent to an activating group) is 1. The van der Waals surface area contributed by atoms with Gasteiger partial charge in [0, 0.05) is 38.9 Å². The van der Waals surface area contributed by atoms with Crippen LogP contribution in [0.1, 0.15) is 11.1 Å². The summed E-state index contributed by atoms with van der Waals surface area (Å²) in [4.78, 5) is 19.2. The van der Waals surface area contributed by atoms with E-state index < -0.39 is 0 Å². The van der Waals surface area contributed by atoms with Crippen molar-refractivity contribution in [2.24, 2.45) is 0 Å². The van der Waals surface area contributed by atoms with E-state index >= 15 is 0 Å². The minimum absolute atomic E-state index is 0.123. The van der Waals surface area contributed by atoms with Crippen LogP contribution in [0.2, 0.25) is 0 Å². The Hall–Kier alpha value is -2.73. The number of fused-ring (bicyclic) bond motifs is 1. The number of aryl methyl sites for hydroxylation is 1. The van der Waals surface area contributed by atoms with Gasteiger partial charge in [-0.3, -0.25) is 9.69 Å². The first-order chi connectivity index (χ1) is 14.5. The van der Waals surface area contributed by atoms with E-state index in [-0.39, 0.29) is 12.0 Å². The molecule has 1 fully saturated rings. The number of para-hydroxylation sites is 2. The summed E-state index contributed by atoms with van der Waals surface area (Å²) >= 11 is 0. The van der Waals surface area contributed by atoms with Crippen LogP contribution >= 0.6 is 0 Å². The fourth-order valence-electron chi connectivity index (χ4n) is 4.10. The van der Waals surface area contributed by atoms with Crippen LogP contribution < -0.4 is 14.4 Å². The quantitative estimate of drug-likeness (QED) is 0.760. The number of amides is 1. The van der Waals surface area contributed by atoms with Crippen molar-refractivity contribution >= 4 is 11.6 Å². The van der Waals surface area contributed by atoms with Gasteiger partial charge in [-0.15, -0.1) is 0 Å². The number of benzene rings is 2. The van der Waals surface area contributed by atoms with Gasteiger partial charge in [0.05, 0.1) is 13.1 Å². The van der Waals surface area contributed by atoms with E-state index in [0.717, 1.165) is 37.7 Å². The standard InChI is InChI=1S/C24H31N3O3/c1-18-7-6-8-21(19(18)2)27-13-11-26(12-14-27)16-24(28)25(3)15-20-17-29-22-9-4-5-10-23(22)30-20/h4-10,20H,11-17H2,1-3H3/t20-/m0/s1. The number of nitrogens with zero attached hydrogens (tertiary/aromatic N) is 3. The van der Waals surface area contributed by atoms with Gasteiger partial charge in [-0.2, -0.15) is 0 Å². The molecule has 1 saturated heterocycles. The van der Waals surface area contributed by atoms with Gasteiger partial charge in [-0.1, -0.05) is 24.3 Å². The Balaban J connectivity index is 1.25. The van der Waals surface area contributed by atoms with E-state index in [1.165, 1.54) is 16.8 Å². The first-order valence-electron chi connectivity index (χ1n) is 10.7. The van der Waals surface area contributed by atoms with Crippen LogP contribution in [0.3, 0.4) is 0 Å².